The van der Waals surface area contributed by atoms with Crippen LogP contribution in [-0.4, -0.2) is 25.0 Å². The van der Waals surface area contributed by atoms with Crippen LogP contribution in [0.2, 0.25) is 0 Å². The average molecular weight is 498 g/mol. The Kier molecular flexibility index (Phi) is 11.1. The van der Waals surface area contributed by atoms with Gasteiger partial charge in [0.25, 0.3) is 0 Å². The van der Waals surface area contributed by atoms with Crippen molar-refractivity contribution in [3.05, 3.63) is 95.1 Å². The molecule has 2 aromatic carbocycles. The molecule has 0 unspecified atom stereocenters. The lowest BCUT2D eigenvalue weighted by Gasteiger charge is -2.23. The van der Waals surface area contributed by atoms with Crippen LogP contribution >= 0.6 is 0 Å². The van der Waals surface area contributed by atoms with E-state index in [-0.39, 0.29) is 12.0 Å². The summed E-state index contributed by atoms with van der Waals surface area (Å²) in [6, 6.07) is 12.2. The van der Waals surface area contributed by atoms with Crippen LogP contribution in [0.5, 0.6) is 0 Å². The lowest BCUT2D eigenvalue weighted by Crippen LogP contribution is -2.29. The van der Waals surface area contributed by atoms with Crippen LogP contribution in [0.3, 0.4) is 0 Å². The Labute approximate surface area is 222 Å². The van der Waals surface area contributed by atoms with Gasteiger partial charge in [-0.2, -0.15) is 5.26 Å². The number of allylic oxidation sites excluding steroid dienone is 2. The molecule has 5 nitrogen and oxygen atoms in total. The van der Waals surface area contributed by atoms with Crippen molar-refractivity contribution in [3.63, 3.8) is 0 Å². The summed E-state index contributed by atoms with van der Waals surface area (Å²) in [5, 5.41) is 13.1. The molecule has 0 spiro atoms. The fourth-order valence-corrected chi connectivity index (χ4v) is 4.24. The number of aliphatic imine (C=N–C) groups is 1. The van der Waals surface area contributed by atoms with Crippen molar-refractivity contribution in [3.8, 4) is 6.07 Å². The Morgan fingerprint density at radius 1 is 1.22 bits per heavy atom. The minimum Gasteiger partial charge on any atom is -0.466 e. The molecule has 0 fully saturated rings. The van der Waals surface area contributed by atoms with Gasteiger partial charge in [0.15, 0.2) is 0 Å². The quantitative estimate of drug-likeness (QED) is 0.110. The molecular formula is C32H39N3O2. The standard InChI is InChI=1S/C32H39N3O2/c1-9-16-34-32(35-25(8)27-15-11-14-26(20-33)24(27)7)30-19-29(23(6)18-28(30)21(3)4)22(5)13-12-17-37-31(36)10-2/h9,11,14-15,18-19,25H,1,3,5,10,12-13,16-17H2,2,4,6-8H3,(H,34,35)/t25-/m1/s1. The topological polar surface area (TPSA) is 74.5 Å². The van der Waals surface area contributed by atoms with E-state index in [4.69, 9.17) is 9.73 Å². The Morgan fingerprint density at radius 2 is 1.95 bits per heavy atom. The first-order valence-corrected chi connectivity index (χ1v) is 12.7. The fourth-order valence-electron chi connectivity index (χ4n) is 4.24. The molecule has 0 saturated carbocycles. The highest BCUT2D eigenvalue weighted by atomic mass is 16.5. The number of esters is 1. The minimum atomic E-state index is -0.186. The monoisotopic (exact) mass is 497 g/mol. The Morgan fingerprint density at radius 3 is 2.57 bits per heavy atom. The van der Waals surface area contributed by atoms with Crippen LogP contribution in [0.1, 0.15) is 85.0 Å². The van der Waals surface area contributed by atoms with E-state index in [1.165, 1.54) is 0 Å². The zero-order chi connectivity index (χ0) is 27.5. The summed E-state index contributed by atoms with van der Waals surface area (Å²) in [6.45, 7) is 23.1. The summed E-state index contributed by atoms with van der Waals surface area (Å²) < 4.78 is 5.23. The highest BCUT2D eigenvalue weighted by molar-refractivity contribution is 6.04. The van der Waals surface area contributed by atoms with Crippen molar-refractivity contribution >= 4 is 23.0 Å². The van der Waals surface area contributed by atoms with Gasteiger partial charge in [0.2, 0.25) is 0 Å². The fraction of sp³-hybridized carbons (Fsp3) is 0.344. The van der Waals surface area contributed by atoms with Gasteiger partial charge in [-0.05, 0) is 86.1 Å². The number of hydrogen-bond donors (Lipinski definition) is 1. The number of carbonyl (C=O) groups excluding carboxylic acids is 1. The number of ether oxygens (including phenoxy) is 1. The molecule has 0 aromatic heterocycles. The molecule has 0 aliphatic carbocycles. The van der Waals surface area contributed by atoms with Gasteiger partial charge in [0.1, 0.15) is 5.84 Å². The number of nitrogens with one attached hydrogen (secondary N) is 1. The lowest BCUT2D eigenvalue weighted by atomic mass is 9.90. The molecule has 2 rings (SSSR count). The molecule has 0 bridgehead atoms. The highest BCUT2D eigenvalue weighted by Gasteiger charge is 2.18. The molecule has 1 atom stereocenters. The van der Waals surface area contributed by atoms with Gasteiger partial charge in [-0.3, -0.25) is 9.79 Å². The van der Waals surface area contributed by atoms with Crippen molar-refractivity contribution in [2.45, 2.75) is 59.9 Å². The second-order valence-electron chi connectivity index (χ2n) is 9.25. The first-order chi connectivity index (χ1) is 17.6. The number of nitriles is 1. The molecular weight excluding hydrogens is 458 g/mol. The van der Waals surface area contributed by atoms with Crippen LogP contribution in [0.15, 0.2) is 61.1 Å². The van der Waals surface area contributed by atoms with E-state index in [0.29, 0.717) is 38.0 Å². The van der Waals surface area contributed by atoms with E-state index in [0.717, 1.165) is 50.4 Å². The van der Waals surface area contributed by atoms with Gasteiger partial charge < -0.3 is 10.1 Å². The predicted octanol–water partition coefficient (Wildman–Crippen LogP) is 7.24. The van der Waals surface area contributed by atoms with Crippen LogP contribution in [-0.2, 0) is 9.53 Å². The predicted molar refractivity (Wildman–Crippen MR) is 154 cm³/mol. The van der Waals surface area contributed by atoms with Gasteiger partial charge in [-0.1, -0.05) is 49.9 Å². The van der Waals surface area contributed by atoms with Crippen LogP contribution in [0, 0.1) is 25.2 Å². The van der Waals surface area contributed by atoms with Crippen molar-refractivity contribution in [1.29, 1.82) is 5.26 Å². The van der Waals surface area contributed by atoms with Gasteiger partial charge in [-0.15, -0.1) is 6.58 Å². The third kappa shape index (κ3) is 7.79. The number of carbonyl (C=O) groups is 1. The van der Waals surface area contributed by atoms with Gasteiger partial charge >= 0.3 is 5.97 Å². The van der Waals surface area contributed by atoms with Crippen molar-refractivity contribution in [1.82, 2.24) is 5.32 Å². The molecule has 194 valence electrons. The number of aryl methyl sites for hydroxylation is 1. The van der Waals surface area contributed by atoms with Crippen LogP contribution < -0.4 is 5.32 Å². The summed E-state index contributed by atoms with van der Waals surface area (Å²) in [4.78, 5) is 16.3. The van der Waals surface area contributed by atoms with E-state index in [9.17, 15) is 10.1 Å². The molecule has 0 radical (unpaired) electrons. The SMILES string of the molecule is C=CC/N=C(/N[C@H](C)c1cccc(C#N)c1C)c1cc(C(=C)CCCOC(=O)CC)c(C)cc1C(=C)C. The van der Waals surface area contributed by atoms with E-state index in [1.807, 2.05) is 32.0 Å². The Bertz CT molecular complexity index is 1250. The maximum atomic E-state index is 11.4. The molecule has 5 heteroatoms. The van der Waals surface area contributed by atoms with E-state index in [2.05, 4.69) is 57.1 Å². The largest absolute Gasteiger partial charge is 0.466 e. The third-order valence-corrected chi connectivity index (χ3v) is 6.33. The summed E-state index contributed by atoms with van der Waals surface area (Å²) in [5.74, 6) is 0.548. The summed E-state index contributed by atoms with van der Waals surface area (Å²) >= 11 is 0. The lowest BCUT2D eigenvalue weighted by molar-refractivity contribution is -0.143. The van der Waals surface area contributed by atoms with Crippen molar-refractivity contribution < 1.29 is 9.53 Å². The number of amidine groups is 1. The molecule has 0 heterocycles. The summed E-state index contributed by atoms with van der Waals surface area (Å²) in [5.41, 5.74) is 8.67. The zero-order valence-electron chi connectivity index (χ0n) is 22.9. The second kappa shape index (κ2) is 14.0. The van der Waals surface area contributed by atoms with Crippen LogP contribution in [0.25, 0.3) is 11.1 Å². The molecule has 1 N–H and O–H groups in total. The maximum absolute atomic E-state index is 11.4. The smallest absolute Gasteiger partial charge is 0.305 e. The number of hydrogen-bond acceptors (Lipinski definition) is 4. The second-order valence-corrected chi connectivity index (χ2v) is 9.25. The number of nitrogens with zero attached hydrogens (tertiary/aromatic N) is 2. The highest BCUT2D eigenvalue weighted by Crippen LogP contribution is 2.29. The molecule has 2 aromatic rings. The third-order valence-electron chi connectivity index (χ3n) is 6.33. The molecule has 37 heavy (non-hydrogen) atoms. The average Bonchev–Trinajstić information content (AvgIpc) is 2.88. The summed E-state index contributed by atoms with van der Waals surface area (Å²) in [6.07, 6.45) is 3.57. The van der Waals surface area contributed by atoms with E-state index < -0.39 is 0 Å². The van der Waals surface area contributed by atoms with Gasteiger partial charge in [-0.25, -0.2) is 0 Å². The van der Waals surface area contributed by atoms with Crippen LogP contribution in [0.4, 0.5) is 0 Å². The molecule has 0 aliphatic rings. The zero-order valence-corrected chi connectivity index (χ0v) is 22.9. The maximum Gasteiger partial charge on any atom is 0.305 e. The first-order valence-electron chi connectivity index (χ1n) is 12.7. The van der Waals surface area contributed by atoms with Crippen molar-refractivity contribution in [2.75, 3.05) is 13.2 Å². The Hall–Kier alpha value is -3.91. The molecule has 0 saturated heterocycles. The molecule has 0 aliphatic heterocycles. The van der Waals surface area contributed by atoms with Gasteiger partial charge in [0.05, 0.1) is 30.8 Å². The summed E-state index contributed by atoms with van der Waals surface area (Å²) in [7, 11) is 0. The number of rotatable bonds is 12. The molecule has 0 amide bonds. The number of benzene rings is 2. The van der Waals surface area contributed by atoms with Crippen molar-refractivity contribution in [2.24, 2.45) is 4.99 Å². The van der Waals surface area contributed by atoms with E-state index >= 15 is 0 Å². The van der Waals surface area contributed by atoms with E-state index in [1.54, 1.807) is 13.0 Å². The van der Waals surface area contributed by atoms with Gasteiger partial charge in [0, 0.05) is 12.0 Å². The first kappa shape index (κ1) is 29.3. The minimum absolute atomic E-state index is 0.0870. The normalized spacial score (nSPS) is 11.8. The Balaban J connectivity index is 2.46.